The third kappa shape index (κ3) is 5.83. The van der Waals surface area contributed by atoms with Gasteiger partial charge in [-0.05, 0) is 62.4 Å². The molecule has 0 unspecified atom stereocenters. The van der Waals surface area contributed by atoms with Crippen molar-refractivity contribution in [1.82, 2.24) is 0 Å². The van der Waals surface area contributed by atoms with Crippen LogP contribution in [0.1, 0.15) is 24.2 Å². The molecule has 31 heavy (non-hydrogen) atoms. The number of halogens is 1. The largest absolute Gasteiger partial charge is 0.497 e. The van der Waals surface area contributed by atoms with E-state index in [-0.39, 0.29) is 5.91 Å². The van der Waals surface area contributed by atoms with Gasteiger partial charge in [-0.1, -0.05) is 17.7 Å². The highest BCUT2D eigenvalue weighted by Gasteiger charge is 2.16. The molecule has 0 fully saturated rings. The van der Waals surface area contributed by atoms with Crippen LogP contribution in [-0.4, -0.2) is 26.2 Å². The van der Waals surface area contributed by atoms with Gasteiger partial charge in [0, 0.05) is 17.3 Å². The predicted octanol–water partition coefficient (Wildman–Crippen LogP) is 6.19. The Morgan fingerprint density at radius 2 is 1.61 bits per heavy atom. The molecule has 0 atom stereocenters. The Balaban J connectivity index is 1.71. The molecule has 0 radical (unpaired) electrons. The second-order valence-corrected chi connectivity index (χ2v) is 6.82. The Labute approximate surface area is 186 Å². The van der Waals surface area contributed by atoms with Crippen molar-refractivity contribution in [3.05, 3.63) is 71.2 Å². The van der Waals surface area contributed by atoms with Crippen molar-refractivity contribution in [3.8, 4) is 28.7 Å². The van der Waals surface area contributed by atoms with Gasteiger partial charge in [-0.15, -0.1) is 0 Å². The fourth-order valence-electron chi connectivity index (χ4n) is 2.86. The minimum absolute atomic E-state index is 0.313. The van der Waals surface area contributed by atoms with Crippen molar-refractivity contribution in [2.24, 2.45) is 0 Å². The highest BCUT2D eigenvalue weighted by molar-refractivity contribution is 6.32. The van der Waals surface area contributed by atoms with Crippen LogP contribution in [0.3, 0.4) is 0 Å². The van der Waals surface area contributed by atoms with Gasteiger partial charge < -0.3 is 24.3 Å². The number of hydrogen-bond acceptors (Lipinski definition) is 5. The van der Waals surface area contributed by atoms with Crippen LogP contribution >= 0.6 is 11.6 Å². The summed E-state index contributed by atoms with van der Waals surface area (Å²) in [5.41, 5.74) is 0.986. The van der Waals surface area contributed by atoms with Gasteiger partial charge in [0.15, 0.2) is 11.5 Å². The summed E-state index contributed by atoms with van der Waals surface area (Å²) in [5, 5.41) is 3.17. The number of ether oxygens (including phenoxy) is 4. The lowest BCUT2D eigenvalue weighted by molar-refractivity contribution is 0.102. The number of carbonyl (C=O) groups excluding carboxylic acids is 1. The van der Waals surface area contributed by atoms with Gasteiger partial charge in [-0.25, -0.2) is 0 Å². The van der Waals surface area contributed by atoms with Crippen molar-refractivity contribution in [2.75, 3.05) is 25.6 Å². The van der Waals surface area contributed by atoms with Crippen LogP contribution in [0.25, 0.3) is 0 Å². The Bertz CT molecular complexity index is 1040. The second-order valence-electron chi connectivity index (χ2n) is 6.41. The SMILES string of the molecule is CCOc1cc(C(=O)Nc2ccc(Oc3cccc(OC)c3)cc2)cc(Cl)c1OCC. The highest BCUT2D eigenvalue weighted by atomic mass is 35.5. The maximum absolute atomic E-state index is 12.7. The molecule has 0 spiro atoms. The molecule has 0 saturated heterocycles. The molecule has 0 aromatic heterocycles. The molecular formula is C24H24ClNO5. The summed E-state index contributed by atoms with van der Waals surface area (Å²) in [6, 6.07) is 17.6. The zero-order chi connectivity index (χ0) is 22.2. The first kappa shape index (κ1) is 22.3. The molecule has 0 aliphatic heterocycles. The van der Waals surface area contributed by atoms with Crippen molar-refractivity contribution in [2.45, 2.75) is 13.8 Å². The van der Waals surface area contributed by atoms with Crippen molar-refractivity contribution in [1.29, 1.82) is 0 Å². The summed E-state index contributed by atoms with van der Waals surface area (Å²) in [7, 11) is 1.60. The van der Waals surface area contributed by atoms with E-state index < -0.39 is 0 Å². The topological polar surface area (TPSA) is 66.0 Å². The molecule has 3 aromatic carbocycles. The first-order valence-electron chi connectivity index (χ1n) is 9.86. The number of nitrogens with one attached hydrogen (secondary N) is 1. The van der Waals surface area contributed by atoms with Gasteiger partial charge in [0.25, 0.3) is 5.91 Å². The summed E-state index contributed by atoms with van der Waals surface area (Å²) < 4.78 is 22.1. The average molecular weight is 442 g/mol. The summed E-state index contributed by atoms with van der Waals surface area (Å²) in [6.07, 6.45) is 0. The van der Waals surface area contributed by atoms with Gasteiger partial charge >= 0.3 is 0 Å². The van der Waals surface area contributed by atoms with E-state index in [1.807, 2.05) is 32.0 Å². The monoisotopic (exact) mass is 441 g/mol. The number of amides is 1. The third-order valence-corrected chi connectivity index (χ3v) is 4.53. The van der Waals surface area contributed by atoms with Gasteiger partial charge in [0.2, 0.25) is 0 Å². The average Bonchev–Trinajstić information content (AvgIpc) is 2.77. The number of anilines is 1. The van der Waals surface area contributed by atoms with Crippen molar-refractivity contribution in [3.63, 3.8) is 0 Å². The Kier molecular flexibility index (Phi) is 7.62. The summed E-state index contributed by atoms with van der Waals surface area (Å²) >= 11 is 6.31. The summed E-state index contributed by atoms with van der Waals surface area (Å²) in [6.45, 7) is 4.58. The van der Waals surface area contributed by atoms with E-state index in [1.54, 1.807) is 49.6 Å². The number of carbonyl (C=O) groups is 1. The lowest BCUT2D eigenvalue weighted by Crippen LogP contribution is -2.12. The second kappa shape index (κ2) is 10.6. The molecule has 0 heterocycles. The smallest absolute Gasteiger partial charge is 0.255 e. The number of methoxy groups -OCH3 is 1. The molecular weight excluding hydrogens is 418 g/mol. The standard InChI is InChI=1S/C24H24ClNO5/c1-4-29-22-14-16(13-21(25)23(22)30-5-2)24(27)26-17-9-11-18(12-10-17)31-20-8-6-7-19(15-20)28-3/h6-15H,4-5H2,1-3H3,(H,26,27). The summed E-state index contributed by atoms with van der Waals surface area (Å²) in [4.78, 5) is 12.7. The number of rotatable bonds is 9. The maximum atomic E-state index is 12.7. The lowest BCUT2D eigenvalue weighted by atomic mass is 10.1. The van der Waals surface area contributed by atoms with Gasteiger partial charge in [0.1, 0.15) is 17.2 Å². The van der Waals surface area contributed by atoms with E-state index in [0.29, 0.717) is 58.2 Å². The van der Waals surface area contributed by atoms with Gasteiger partial charge in [-0.3, -0.25) is 4.79 Å². The Morgan fingerprint density at radius 1 is 0.903 bits per heavy atom. The van der Waals surface area contributed by atoms with E-state index in [9.17, 15) is 4.79 Å². The van der Waals surface area contributed by atoms with Crippen LogP contribution in [0.5, 0.6) is 28.7 Å². The van der Waals surface area contributed by atoms with Crippen LogP contribution in [0.15, 0.2) is 60.7 Å². The fourth-order valence-corrected chi connectivity index (χ4v) is 3.12. The van der Waals surface area contributed by atoms with Crippen molar-refractivity contribution < 1.29 is 23.7 Å². The zero-order valence-electron chi connectivity index (χ0n) is 17.6. The molecule has 0 aliphatic rings. The highest BCUT2D eigenvalue weighted by Crippen LogP contribution is 2.37. The van der Waals surface area contributed by atoms with Crippen LogP contribution in [-0.2, 0) is 0 Å². The zero-order valence-corrected chi connectivity index (χ0v) is 18.4. The molecule has 0 aliphatic carbocycles. The molecule has 3 aromatic rings. The molecule has 0 bridgehead atoms. The van der Waals surface area contributed by atoms with E-state index in [2.05, 4.69) is 5.32 Å². The molecule has 162 valence electrons. The Hall–Kier alpha value is -3.38. The fraction of sp³-hybridized carbons (Fsp3) is 0.208. The number of benzene rings is 3. The predicted molar refractivity (Wildman–Crippen MR) is 121 cm³/mol. The molecule has 1 N–H and O–H groups in total. The van der Waals surface area contributed by atoms with Gasteiger partial charge in [0.05, 0.1) is 25.3 Å². The van der Waals surface area contributed by atoms with E-state index in [4.69, 9.17) is 30.5 Å². The molecule has 1 amide bonds. The van der Waals surface area contributed by atoms with Crippen LogP contribution in [0, 0.1) is 0 Å². The molecule has 3 rings (SSSR count). The lowest BCUT2D eigenvalue weighted by Gasteiger charge is -2.14. The van der Waals surface area contributed by atoms with Crippen molar-refractivity contribution >= 4 is 23.2 Å². The minimum atomic E-state index is -0.313. The minimum Gasteiger partial charge on any atom is -0.497 e. The molecule has 7 heteroatoms. The van der Waals surface area contributed by atoms with Crippen LogP contribution in [0.2, 0.25) is 5.02 Å². The number of hydrogen-bond donors (Lipinski definition) is 1. The normalized spacial score (nSPS) is 10.3. The third-order valence-electron chi connectivity index (χ3n) is 4.25. The molecule has 6 nitrogen and oxygen atoms in total. The van der Waals surface area contributed by atoms with E-state index >= 15 is 0 Å². The maximum Gasteiger partial charge on any atom is 0.255 e. The molecule has 0 saturated carbocycles. The summed E-state index contributed by atoms with van der Waals surface area (Å²) in [5.74, 6) is 2.55. The quantitative estimate of drug-likeness (QED) is 0.428. The first-order valence-corrected chi connectivity index (χ1v) is 10.2. The first-order chi connectivity index (χ1) is 15.0. The Morgan fingerprint density at radius 3 is 2.29 bits per heavy atom. The van der Waals surface area contributed by atoms with E-state index in [0.717, 1.165) is 0 Å². The van der Waals surface area contributed by atoms with Crippen LogP contribution in [0.4, 0.5) is 5.69 Å². The van der Waals surface area contributed by atoms with Crippen LogP contribution < -0.4 is 24.3 Å². The van der Waals surface area contributed by atoms with Gasteiger partial charge in [-0.2, -0.15) is 0 Å². The van der Waals surface area contributed by atoms with E-state index in [1.165, 1.54) is 0 Å².